The number of cyclic esters (lactones) is 1. The summed E-state index contributed by atoms with van der Waals surface area (Å²) >= 11 is 0. The van der Waals surface area contributed by atoms with Gasteiger partial charge in [-0.15, -0.1) is 0 Å². The lowest BCUT2D eigenvalue weighted by Gasteiger charge is -2.06. The van der Waals surface area contributed by atoms with E-state index in [1.54, 1.807) is 25.1 Å². The molecule has 1 aromatic carbocycles. The molecule has 1 aliphatic rings. The van der Waals surface area contributed by atoms with Gasteiger partial charge in [-0.2, -0.15) is 0 Å². The number of carbonyl (C=O) groups excluding carboxylic acids is 3. The van der Waals surface area contributed by atoms with Crippen LogP contribution in [-0.4, -0.2) is 24.5 Å². The molecule has 0 aliphatic carbocycles. The van der Waals surface area contributed by atoms with Gasteiger partial charge >= 0.3 is 11.9 Å². The first-order chi connectivity index (χ1) is 10.1. The predicted octanol–water partition coefficient (Wildman–Crippen LogP) is 2.03. The van der Waals surface area contributed by atoms with Crippen molar-refractivity contribution in [2.75, 3.05) is 11.9 Å². The third-order valence-electron chi connectivity index (χ3n) is 3.06. The topological polar surface area (TPSA) is 81.7 Å². The van der Waals surface area contributed by atoms with Crippen LogP contribution in [0.5, 0.6) is 0 Å². The van der Waals surface area contributed by atoms with Crippen molar-refractivity contribution >= 4 is 23.5 Å². The van der Waals surface area contributed by atoms with Crippen LogP contribution in [0.25, 0.3) is 0 Å². The van der Waals surface area contributed by atoms with Gasteiger partial charge in [-0.05, 0) is 25.5 Å². The zero-order valence-electron chi connectivity index (χ0n) is 11.8. The maximum absolute atomic E-state index is 11.8. The number of carbonyl (C=O) groups is 3. The molecule has 21 heavy (non-hydrogen) atoms. The van der Waals surface area contributed by atoms with Gasteiger partial charge in [0.25, 0.3) is 0 Å². The van der Waals surface area contributed by atoms with E-state index in [1.807, 2.05) is 0 Å². The summed E-state index contributed by atoms with van der Waals surface area (Å²) in [5.41, 5.74) is 1.85. The van der Waals surface area contributed by atoms with Crippen LogP contribution in [-0.2, 0) is 25.7 Å². The number of fused-ring (bicyclic) bond motifs is 1. The van der Waals surface area contributed by atoms with Gasteiger partial charge in [-0.25, -0.2) is 4.79 Å². The summed E-state index contributed by atoms with van der Waals surface area (Å²) in [5.74, 6) is -0.875. The normalized spacial score (nSPS) is 12.5. The van der Waals surface area contributed by atoms with Crippen molar-refractivity contribution in [3.05, 3.63) is 29.3 Å². The van der Waals surface area contributed by atoms with Crippen LogP contribution in [0.15, 0.2) is 18.2 Å². The lowest BCUT2D eigenvalue weighted by Crippen LogP contribution is -2.13. The van der Waals surface area contributed by atoms with Crippen LogP contribution in [0.3, 0.4) is 0 Å². The molecule has 112 valence electrons. The van der Waals surface area contributed by atoms with E-state index in [-0.39, 0.29) is 37.3 Å². The van der Waals surface area contributed by atoms with Gasteiger partial charge < -0.3 is 14.8 Å². The molecule has 2 rings (SSSR count). The van der Waals surface area contributed by atoms with E-state index >= 15 is 0 Å². The minimum absolute atomic E-state index is 0.203. The van der Waals surface area contributed by atoms with Crippen LogP contribution in [0.1, 0.15) is 42.1 Å². The Balaban J connectivity index is 1.82. The van der Waals surface area contributed by atoms with Gasteiger partial charge in [0, 0.05) is 24.1 Å². The van der Waals surface area contributed by atoms with Crippen LogP contribution in [0, 0.1) is 0 Å². The molecule has 0 radical (unpaired) electrons. The van der Waals surface area contributed by atoms with Crippen molar-refractivity contribution in [2.45, 2.75) is 32.8 Å². The largest absolute Gasteiger partial charge is 0.466 e. The lowest BCUT2D eigenvalue weighted by atomic mass is 10.1. The van der Waals surface area contributed by atoms with E-state index in [4.69, 9.17) is 9.47 Å². The van der Waals surface area contributed by atoms with Crippen LogP contribution in [0.4, 0.5) is 5.69 Å². The molecule has 1 N–H and O–H groups in total. The number of ether oxygens (including phenoxy) is 2. The number of rotatable bonds is 6. The highest BCUT2D eigenvalue weighted by Gasteiger charge is 2.21. The van der Waals surface area contributed by atoms with Crippen molar-refractivity contribution < 1.29 is 23.9 Å². The van der Waals surface area contributed by atoms with E-state index in [0.29, 0.717) is 24.3 Å². The summed E-state index contributed by atoms with van der Waals surface area (Å²) in [4.78, 5) is 34.3. The van der Waals surface area contributed by atoms with Gasteiger partial charge in [0.15, 0.2) is 0 Å². The Morgan fingerprint density at radius 1 is 1.33 bits per heavy atom. The number of hydrogen-bond donors (Lipinski definition) is 1. The molecule has 0 aromatic heterocycles. The number of anilines is 1. The Morgan fingerprint density at radius 2 is 2.14 bits per heavy atom. The van der Waals surface area contributed by atoms with E-state index in [9.17, 15) is 14.4 Å². The van der Waals surface area contributed by atoms with Crippen molar-refractivity contribution in [1.82, 2.24) is 0 Å². The molecule has 0 saturated carbocycles. The molecular formula is C15H17NO5. The summed E-state index contributed by atoms with van der Waals surface area (Å²) in [6, 6.07) is 5.09. The standard InChI is InChI=1S/C15H17NO5/c1-2-20-14(18)5-3-4-13(17)16-11-7-6-10-9-21-15(19)12(10)8-11/h6-8H,2-5,9H2,1H3,(H,16,17). The minimum atomic E-state index is -0.372. The second kappa shape index (κ2) is 6.88. The quantitative estimate of drug-likeness (QED) is 0.811. The number of benzene rings is 1. The fourth-order valence-electron chi connectivity index (χ4n) is 2.04. The number of hydrogen-bond acceptors (Lipinski definition) is 5. The fraction of sp³-hybridized carbons (Fsp3) is 0.400. The average Bonchev–Trinajstić information content (AvgIpc) is 2.80. The molecule has 1 aliphatic heterocycles. The second-order valence-corrected chi connectivity index (χ2v) is 4.65. The number of amides is 1. The summed E-state index contributed by atoms with van der Waals surface area (Å²) in [5, 5.41) is 2.70. The smallest absolute Gasteiger partial charge is 0.338 e. The average molecular weight is 291 g/mol. The lowest BCUT2D eigenvalue weighted by molar-refractivity contribution is -0.143. The molecular weight excluding hydrogens is 274 g/mol. The van der Waals surface area contributed by atoms with E-state index in [0.717, 1.165) is 5.56 Å². The monoisotopic (exact) mass is 291 g/mol. The first kappa shape index (κ1) is 15.0. The van der Waals surface area contributed by atoms with Gasteiger partial charge in [-0.1, -0.05) is 6.07 Å². The van der Waals surface area contributed by atoms with E-state index in [1.165, 1.54) is 0 Å². The van der Waals surface area contributed by atoms with Crippen molar-refractivity contribution in [3.63, 3.8) is 0 Å². The first-order valence-electron chi connectivity index (χ1n) is 6.85. The molecule has 0 unspecified atom stereocenters. The summed E-state index contributed by atoms with van der Waals surface area (Å²) in [7, 11) is 0. The Morgan fingerprint density at radius 3 is 2.90 bits per heavy atom. The molecule has 6 heteroatoms. The Labute approximate surface area is 122 Å². The zero-order chi connectivity index (χ0) is 15.2. The molecule has 1 aromatic rings. The molecule has 0 bridgehead atoms. The maximum Gasteiger partial charge on any atom is 0.338 e. The zero-order valence-corrected chi connectivity index (χ0v) is 11.8. The molecule has 0 saturated heterocycles. The third kappa shape index (κ3) is 4.05. The highest BCUT2D eigenvalue weighted by Crippen LogP contribution is 2.23. The minimum Gasteiger partial charge on any atom is -0.466 e. The summed E-state index contributed by atoms with van der Waals surface area (Å²) < 4.78 is 9.68. The highest BCUT2D eigenvalue weighted by atomic mass is 16.5. The van der Waals surface area contributed by atoms with Crippen LogP contribution < -0.4 is 5.32 Å². The molecule has 6 nitrogen and oxygen atoms in total. The summed E-state index contributed by atoms with van der Waals surface area (Å²) in [6.45, 7) is 2.36. The van der Waals surface area contributed by atoms with Gasteiger partial charge in [0.2, 0.25) is 5.91 Å². The van der Waals surface area contributed by atoms with Gasteiger partial charge in [-0.3, -0.25) is 9.59 Å². The van der Waals surface area contributed by atoms with E-state index in [2.05, 4.69) is 5.32 Å². The predicted molar refractivity (Wildman–Crippen MR) is 74.7 cm³/mol. The Bertz CT molecular complexity index is 567. The Hall–Kier alpha value is -2.37. The highest BCUT2D eigenvalue weighted by molar-refractivity contribution is 5.97. The Kier molecular flexibility index (Phi) is 4.92. The van der Waals surface area contributed by atoms with E-state index < -0.39 is 0 Å². The maximum atomic E-state index is 11.8. The van der Waals surface area contributed by atoms with Gasteiger partial charge in [0.1, 0.15) is 6.61 Å². The number of nitrogens with one attached hydrogen (secondary N) is 1. The first-order valence-corrected chi connectivity index (χ1v) is 6.85. The molecule has 1 amide bonds. The van der Waals surface area contributed by atoms with Crippen molar-refractivity contribution in [1.29, 1.82) is 0 Å². The molecule has 0 atom stereocenters. The van der Waals surface area contributed by atoms with Crippen molar-refractivity contribution in [2.24, 2.45) is 0 Å². The number of esters is 2. The van der Waals surface area contributed by atoms with Gasteiger partial charge in [0.05, 0.1) is 12.2 Å². The van der Waals surface area contributed by atoms with Crippen LogP contribution >= 0.6 is 0 Å². The SMILES string of the molecule is CCOC(=O)CCCC(=O)Nc1ccc2c(c1)C(=O)OC2. The van der Waals surface area contributed by atoms with Crippen molar-refractivity contribution in [3.8, 4) is 0 Å². The van der Waals surface area contributed by atoms with Crippen LogP contribution in [0.2, 0.25) is 0 Å². The molecule has 0 fully saturated rings. The molecule has 0 spiro atoms. The molecule has 1 heterocycles. The third-order valence-corrected chi connectivity index (χ3v) is 3.06. The summed E-state index contributed by atoms with van der Waals surface area (Å²) in [6.07, 6.45) is 0.871. The fourth-order valence-corrected chi connectivity index (χ4v) is 2.04. The second-order valence-electron chi connectivity index (χ2n) is 4.65.